The van der Waals surface area contributed by atoms with E-state index in [0.29, 0.717) is 67.2 Å². The van der Waals surface area contributed by atoms with E-state index in [1.807, 2.05) is 18.2 Å². The molecule has 0 saturated carbocycles. The Labute approximate surface area is 193 Å². The number of fused-ring (bicyclic) bond motifs is 4. The van der Waals surface area contributed by atoms with E-state index in [1.54, 1.807) is 12.1 Å². The average Bonchev–Trinajstić information content (AvgIpc) is 3.24. The van der Waals surface area contributed by atoms with Crippen LogP contribution in [0, 0.1) is 11.7 Å². The highest BCUT2D eigenvalue weighted by atomic mass is 32.1. The maximum absolute atomic E-state index is 14.4. The van der Waals surface area contributed by atoms with E-state index in [2.05, 4.69) is 20.2 Å². The molecule has 7 nitrogen and oxygen atoms in total. The Morgan fingerprint density at radius 1 is 1.09 bits per heavy atom. The maximum atomic E-state index is 14.4. The van der Waals surface area contributed by atoms with Gasteiger partial charge in [-0.25, -0.2) is 14.4 Å². The van der Waals surface area contributed by atoms with Crippen LogP contribution in [0.5, 0.6) is 11.5 Å². The second-order valence-corrected chi connectivity index (χ2v) is 9.25. The van der Waals surface area contributed by atoms with Gasteiger partial charge in [0.2, 0.25) is 5.91 Å². The maximum Gasteiger partial charge on any atom is 0.227 e. The van der Waals surface area contributed by atoms with Gasteiger partial charge in [-0.3, -0.25) is 4.79 Å². The van der Waals surface area contributed by atoms with Crippen molar-refractivity contribution in [1.82, 2.24) is 9.97 Å². The molecule has 2 aromatic heterocycles. The highest BCUT2D eigenvalue weighted by molar-refractivity contribution is 7.26. The second-order valence-electron chi connectivity index (χ2n) is 8.20. The molecule has 2 aliphatic heterocycles. The number of carbonyl (C=O) groups is 1. The first-order chi connectivity index (χ1) is 16.2. The normalized spacial score (nSPS) is 16.3. The molecule has 0 spiro atoms. The standard InChI is InChI=1S/C24H21FN4O3S/c25-16-2-1-3-19-20(16)21-22(33-19)23(27-13-26-21)29-8-6-14(7-9-29)24(30)28-15-4-5-17-18(12-15)32-11-10-31-17/h1-5,12-14H,6-11H2,(H,28,30). The fourth-order valence-electron chi connectivity index (χ4n) is 4.51. The van der Waals surface area contributed by atoms with Gasteiger partial charge in [0.1, 0.15) is 31.2 Å². The molecular formula is C24H21FN4O3S. The molecule has 2 aromatic carbocycles. The zero-order valence-corrected chi connectivity index (χ0v) is 18.5. The molecule has 0 radical (unpaired) electrons. The summed E-state index contributed by atoms with van der Waals surface area (Å²) in [5, 5.41) is 3.56. The van der Waals surface area contributed by atoms with Crippen LogP contribution in [0.2, 0.25) is 0 Å². The van der Waals surface area contributed by atoms with Crippen LogP contribution >= 0.6 is 11.3 Å². The first-order valence-electron chi connectivity index (χ1n) is 10.9. The molecule has 4 aromatic rings. The Morgan fingerprint density at radius 2 is 1.91 bits per heavy atom. The van der Waals surface area contributed by atoms with Crippen LogP contribution in [-0.2, 0) is 4.79 Å². The number of thiophene rings is 1. The number of aromatic nitrogens is 2. The van der Waals surface area contributed by atoms with Crippen molar-refractivity contribution in [2.24, 2.45) is 5.92 Å². The van der Waals surface area contributed by atoms with Crippen molar-refractivity contribution in [3.05, 3.63) is 48.5 Å². The lowest BCUT2D eigenvalue weighted by molar-refractivity contribution is -0.120. The van der Waals surface area contributed by atoms with Crippen LogP contribution in [-0.4, -0.2) is 42.2 Å². The number of carbonyl (C=O) groups excluding carboxylic acids is 1. The number of hydrogen-bond donors (Lipinski definition) is 1. The van der Waals surface area contributed by atoms with Gasteiger partial charge in [-0.2, -0.15) is 0 Å². The summed E-state index contributed by atoms with van der Waals surface area (Å²) in [6.45, 7) is 2.43. The third-order valence-corrected chi connectivity index (χ3v) is 7.32. The number of piperidine rings is 1. The lowest BCUT2D eigenvalue weighted by Gasteiger charge is -2.32. The molecule has 1 amide bonds. The lowest BCUT2D eigenvalue weighted by Crippen LogP contribution is -2.38. The Morgan fingerprint density at radius 3 is 2.76 bits per heavy atom. The molecule has 6 rings (SSSR count). The molecule has 0 atom stereocenters. The van der Waals surface area contributed by atoms with Gasteiger partial charge in [0.15, 0.2) is 11.5 Å². The summed E-state index contributed by atoms with van der Waals surface area (Å²) >= 11 is 1.51. The molecule has 2 aliphatic rings. The Hall–Kier alpha value is -3.46. The van der Waals surface area contributed by atoms with Crippen molar-refractivity contribution in [2.45, 2.75) is 12.8 Å². The molecule has 9 heteroatoms. The topological polar surface area (TPSA) is 76.6 Å². The first-order valence-corrected chi connectivity index (χ1v) is 11.8. The minimum atomic E-state index is -0.266. The highest BCUT2D eigenvalue weighted by Crippen LogP contribution is 2.39. The monoisotopic (exact) mass is 464 g/mol. The van der Waals surface area contributed by atoms with Crippen LogP contribution in [0.4, 0.5) is 15.9 Å². The third-order valence-electron chi connectivity index (χ3n) is 6.18. The van der Waals surface area contributed by atoms with Crippen LogP contribution in [0.3, 0.4) is 0 Å². The minimum Gasteiger partial charge on any atom is -0.486 e. The second kappa shape index (κ2) is 8.15. The number of rotatable bonds is 3. The SMILES string of the molecule is O=C(Nc1ccc2c(c1)OCCO2)C1CCN(c2ncnc3c2sc2cccc(F)c23)CC1. The van der Waals surface area contributed by atoms with Crippen molar-refractivity contribution in [3.63, 3.8) is 0 Å². The summed E-state index contributed by atoms with van der Waals surface area (Å²) in [6, 6.07) is 10.5. The van der Waals surface area contributed by atoms with E-state index in [1.165, 1.54) is 23.7 Å². The van der Waals surface area contributed by atoms with Crippen molar-refractivity contribution in [1.29, 1.82) is 0 Å². The zero-order chi connectivity index (χ0) is 22.4. The summed E-state index contributed by atoms with van der Waals surface area (Å²) in [6.07, 6.45) is 2.92. The van der Waals surface area contributed by atoms with E-state index in [0.717, 1.165) is 15.2 Å². The summed E-state index contributed by atoms with van der Waals surface area (Å²) in [4.78, 5) is 23.9. The van der Waals surface area contributed by atoms with Crippen LogP contribution in [0.25, 0.3) is 20.3 Å². The fraction of sp³-hybridized carbons (Fsp3) is 0.292. The van der Waals surface area contributed by atoms with Crippen LogP contribution in [0.15, 0.2) is 42.7 Å². The van der Waals surface area contributed by atoms with Gasteiger partial charge in [-0.1, -0.05) is 6.07 Å². The van der Waals surface area contributed by atoms with Crippen molar-refractivity contribution in [3.8, 4) is 11.5 Å². The Kier molecular flexibility index (Phi) is 4.98. The van der Waals surface area contributed by atoms with Gasteiger partial charge in [-0.05, 0) is 37.1 Å². The molecule has 4 heterocycles. The fourth-order valence-corrected chi connectivity index (χ4v) is 5.70. The van der Waals surface area contributed by atoms with Crippen molar-refractivity contribution >= 4 is 49.1 Å². The number of halogens is 1. The molecule has 1 saturated heterocycles. The number of nitrogens with one attached hydrogen (secondary N) is 1. The van der Waals surface area contributed by atoms with E-state index >= 15 is 0 Å². The van der Waals surface area contributed by atoms with Crippen LogP contribution in [0.1, 0.15) is 12.8 Å². The minimum absolute atomic E-state index is 0.00287. The molecule has 0 bridgehead atoms. The number of hydrogen-bond acceptors (Lipinski definition) is 7. The third kappa shape index (κ3) is 3.62. The molecule has 168 valence electrons. The predicted molar refractivity (Wildman–Crippen MR) is 126 cm³/mol. The van der Waals surface area contributed by atoms with E-state index in [9.17, 15) is 9.18 Å². The quantitative estimate of drug-likeness (QED) is 0.477. The van der Waals surface area contributed by atoms with E-state index in [4.69, 9.17) is 9.47 Å². The van der Waals surface area contributed by atoms with Gasteiger partial charge in [0.25, 0.3) is 0 Å². The van der Waals surface area contributed by atoms with E-state index < -0.39 is 0 Å². The summed E-state index contributed by atoms with van der Waals surface area (Å²) < 4.78 is 27.3. The largest absolute Gasteiger partial charge is 0.486 e. The molecule has 1 N–H and O–H groups in total. The molecule has 0 unspecified atom stereocenters. The highest BCUT2D eigenvalue weighted by Gasteiger charge is 2.28. The molecule has 33 heavy (non-hydrogen) atoms. The van der Waals surface area contributed by atoms with Crippen molar-refractivity contribution in [2.75, 3.05) is 36.5 Å². The number of ether oxygens (including phenoxy) is 2. The summed E-state index contributed by atoms with van der Waals surface area (Å²) in [7, 11) is 0. The number of nitrogens with zero attached hydrogens (tertiary/aromatic N) is 3. The number of benzene rings is 2. The van der Waals surface area contributed by atoms with E-state index in [-0.39, 0.29) is 17.6 Å². The number of amides is 1. The molecule has 0 aliphatic carbocycles. The molecular weight excluding hydrogens is 443 g/mol. The van der Waals surface area contributed by atoms with Gasteiger partial charge >= 0.3 is 0 Å². The summed E-state index contributed by atoms with van der Waals surface area (Å²) in [5.41, 5.74) is 1.35. The van der Waals surface area contributed by atoms with Gasteiger partial charge in [-0.15, -0.1) is 11.3 Å². The van der Waals surface area contributed by atoms with Gasteiger partial charge in [0.05, 0.1) is 15.6 Å². The summed E-state index contributed by atoms with van der Waals surface area (Å²) in [5.74, 6) is 1.81. The number of anilines is 2. The Bertz CT molecular complexity index is 1370. The zero-order valence-electron chi connectivity index (χ0n) is 17.7. The smallest absolute Gasteiger partial charge is 0.227 e. The van der Waals surface area contributed by atoms with Gasteiger partial charge in [0, 0.05) is 35.5 Å². The Balaban J connectivity index is 1.17. The molecule has 1 fully saturated rings. The van der Waals surface area contributed by atoms with Crippen molar-refractivity contribution < 1.29 is 18.7 Å². The van der Waals surface area contributed by atoms with Crippen LogP contribution < -0.4 is 19.7 Å². The van der Waals surface area contributed by atoms with Gasteiger partial charge < -0.3 is 19.7 Å². The lowest BCUT2D eigenvalue weighted by atomic mass is 9.95. The average molecular weight is 465 g/mol. The first kappa shape index (κ1) is 20.2. The predicted octanol–water partition coefficient (Wildman–Crippen LogP) is 4.61.